The maximum Gasteiger partial charge on any atom is 0.231 e. The van der Waals surface area contributed by atoms with Crippen LogP contribution in [0.3, 0.4) is 0 Å². The molecule has 1 aromatic heterocycles. The average molecular weight is 320 g/mol. The summed E-state index contributed by atoms with van der Waals surface area (Å²) >= 11 is 0. The number of aromatic nitrogens is 3. The van der Waals surface area contributed by atoms with Gasteiger partial charge in [-0.1, -0.05) is 43.7 Å². The molecule has 0 aliphatic heterocycles. The first-order valence-corrected chi connectivity index (χ1v) is 8.09. The Kier molecular flexibility index (Phi) is 5.01. The largest absolute Gasteiger partial charge is 0.326 e. The van der Waals surface area contributed by atoms with Gasteiger partial charge in [0, 0.05) is 11.4 Å². The molecule has 24 heavy (non-hydrogen) atoms. The molecule has 5 nitrogen and oxygen atoms in total. The zero-order valence-electron chi connectivity index (χ0n) is 13.6. The van der Waals surface area contributed by atoms with Crippen molar-refractivity contribution in [3.8, 4) is 5.69 Å². The molecule has 2 aromatic carbocycles. The lowest BCUT2D eigenvalue weighted by Crippen LogP contribution is -2.21. The van der Waals surface area contributed by atoms with Crippen LogP contribution in [0.2, 0.25) is 0 Å². The SMILES string of the molecule is CCC[C@H](C(=O)Nc1ccc(-n2cnnc2)cc1)c1ccccc1. The second-order valence-corrected chi connectivity index (χ2v) is 5.66. The molecule has 0 aliphatic carbocycles. The minimum atomic E-state index is -0.131. The van der Waals surface area contributed by atoms with Crippen LogP contribution in [0.15, 0.2) is 67.3 Å². The fraction of sp³-hybridized carbons (Fsp3) is 0.211. The maximum atomic E-state index is 12.7. The molecule has 0 aliphatic rings. The van der Waals surface area contributed by atoms with Gasteiger partial charge in [-0.25, -0.2) is 0 Å². The van der Waals surface area contributed by atoms with E-state index in [9.17, 15) is 4.79 Å². The summed E-state index contributed by atoms with van der Waals surface area (Å²) in [6.07, 6.45) is 5.06. The Morgan fingerprint density at radius 3 is 2.33 bits per heavy atom. The van der Waals surface area contributed by atoms with Crippen molar-refractivity contribution >= 4 is 11.6 Å². The zero-order chi connectivity index (χ0) is 16.8. The van der Waals surface area contributed by atoms with E-state index in [0.29, 0.717) is 0 Å². The van der Waals surface area contributed by atoms with E-state index in [4.69, 9.17) is 0 Å². The van der Waals surface area contributed by atoms with Crippen LogP contribution >= 0.6 is 0 Å². The normalized spacial score (nSPS) is 11.9. The molecule has 5 heteroatoms. The van der Waals surface area contributed by atoms with Gasteiger partial charge in [0.05, 0.1) is 5.92 Å². The number of anilines is 1. The Labute approximate surface area is 141 Å². The van der Waals surface area contributed by atoms with Gasteiger partial charge >= 0.3 is 0 Å². The van der Waals surface area contributed by atoms with Crippen LogP contribution in [0.4, 0.5) is 5.69 Å². The summed E-state index contributed by atoms with van der Waals surface area (Å²) in [6, 6.07) is 17.6. The van der Waals surface area contributed by atoms with Crippen molar-refractivity contribution in [1.29, 1.82) is 0 Å². The summed E-state index contributed by atoms with van der Waals surface area (Å²) in [5.74, 6) is -0.103. The number of rotatable bonds is 6. The Hall–Kier alpha value is -2.95. The molecule has 1 heterocycles. The predicted octanol–water partition coefficient (Wildman–Crippen LogP) is 3.79. The van der Waals surface area contributed by atoms with Crippen LogP contribution in [-0.2, 0) is 4.79 Å². The van der Waals surface area contributed by atoms with Crippen LogP contribution in [0, 0.1) is 0 Å². The summed E-state index contributed by atoms with van der Waals surface area (Å²) in [5.41, 5.74) is 2.79. The molecule has 0 saturated carbocycles. The summed E-state index contributed by atoms with van der Waals surface area (Å²) in [7, 11) is 0. The van der Waals surface area contributed by atoms with Crippen molar-refractivity contribution in [2.24, 2.45) is 0 Å². The minimum Gasteiger partial charge on any atom is -0.326 e. The Morgan fingerprint density at radius 1 is 1.04 bits per heavy atom. The average Bonchev–Trinajstić information content (AvgIpc) is 3.15. The highest BCUT2D eigenvalue weighted by atomic mass is 16.1. The molecule has 1 atom stereocenters. The van der Waals surface area contributed by atoms with Crippen molar-refractivity contribution in [3.05, 3.63) is 72.8 Å². The molecule has 1 N–H and O–H groups in total. The molecule has 3 aromatic rings. The van der Waals surface area contributed by atoms with Crippen LogP contribution in [-0.4, -0.2) is 20.7 Å². The molecule has 0 bridgehead atoms. The fourth-order valence-electron chi connectivity index (χ4n) is 2.70. The monoisotopic (exact) mass is 320 g/mol. The molecule has 0 spiro atoms. The fourth-order valence-corrected chi connectivity index (χ4v) is 2.70. The predicted molar refractivity (Wildman–Crippen MR) is 94.1 cm³/mol. The number of nitrogens with one attached hydrogen (secondary N) is 1. The highest BCUT2D eigenvalue weighted by molar-refractivity contribution is 5.95. The maximum absolute atomic E-state index is 12.7. The van der Waals surface area contributed by atoms with Gasteiger partial charge in [-0.2, -0.15) is 0 Å². The van der Waals surface area contributed by atoms with Crippen molar-refractivity contribution < 1.29 is 4.79 Å². The van der Waals surface area contributed by atoms with Gasteiger partial charge in [-0.3, -0.25) is 9.36 Å². The third kappa shape index (κ3) is 3.68. The summed E-state index contributed by atoms with van der Waals surface area (Å²) in [6.45, 7) is 2.09. The van der Waals surface area contributed by atoms with Gasteiger partial charge in [0.2, 0.25) is 5.91 Å². The number of carbonyl (C=O) groups excluding carboxylic acids is 1. The van der Waals surface area contributed by atoms with Crippen molar-refractivity contribution in [2.75, 3.05) is 5.32 Å². The van der Waals surface area contributed by atoms with Crippen molar-refractivity contribution in [1.82, 2.24) is 14.8 Å². The second-order valence-electron chi connectivity index (χ2n) is 5.66. The zero-order valence-corrected chi connectivity index (χ0v) is 13.6. The molecule has 0 fully saturated rings. The lowest BCUT2D eigenvalue weighted by Gasteiger charge is -2.16. The van der Waals surface area contributed by atoms with E-state index in [-0.39, 0.29) is 11.8 Å². The topological polar surface area (TPSA) is 59.8 Å². The highest BCUT2D eigenvalue weighted by Gasteiger charge is 2.19. The van der Waals surface area contributed by atoms with E-state index >= 15 is 0 Å². The van der Waals surface area contributed by atoms with Gasteiger partial charge in [0.25, 0.3) is 0 Å². The van der Waals surface area contributed by atoms with Crippen LogP contribution in [0.25, 0.3) is 5.69 Å². The van der Waals surface area contributed by atoms with Crippen LogP contribution < -0.4 is 5.32 Å². The number of amides is 1. The van der Waals surface area contributed by atoms with E-state index in [1.807, 2.05) is 59.2 Å². The molecule has 0 radical (unpaired) electrons. The second kappa shape index (κ2) is 7.55. The van der Waals surface area contributed by atoms with E-state index < -0.39 is 0 Å². The summed E-state index contributed by atoms with van der Waals surface area (Å²) in [4.78, 5) is 12.7. The van der Waals surface area contributed by atoms with E-state index in [2.05, 4.69) is 22.4 Å². The minimum absolute atomic E-state index is 0.0279. The van der Waals surface area contributed by atoms with Crippen molar-refractivity contribution in [3.63, 3.8) is 0 Å². The lowest BCUT2D eigenvalue weighted by molar-refractivity contribution is -0.117. The Bertz CT molecular complexity index is 767. The van der Waals surface area contributed by atoms with Crippen LogP contribution in [0.1, 0.15) is 31.2 Å². The molecule has 3 rings (SSSR count). The van der Waals surface area contributed by atoms with E-state index in [1.165, 1.54) is 0 Å². The third-order valence-corrected chi connectivity index (χ3v) is 3.95. The Morgan fingerprint density at radius 2 is 1.71 bits per heavy atom. The summed E-state index contributed by atoms with van der Waals surface area (Å²) in [5, 5.41) is 10.6. The number of benzene rings is 2. The Balaban J connectivity index is 1.73. The molecule has 122 valence electrons. The van der Waals surface area contributed by atoms with Gasteiger partial charge in [0.15, 0.2) is 0 Å². The molecular weight excluding hydrogens is 300 g/mol. The first kappa shape index (κ1) is 15.9. The van der Waals surface area contributed by atoms with E-state index in [1.54, 1.807) is 12.7 Å². The van der Waals surface area contributed by atoms with Gasteiger partial charge in [-0.05, 0) is 36.2 Å². The number of hydrogen-bond acceptors (Lipinski definition) is 3. The number of carbonyl (C=O) groups is 1. The molecule has 0 saturated heterocycles. The quantitative estimate of drug-likeness (QED) is 0.751. The van der Waals surface area contributed by atoms with Gasteiger partial charge < -0.3 is 5.32 Å². The number of hydrogen-bond donors (Lipinski definition) is 1. The highest BCUT2D eigenvalue weighted by Crippen LogP contribution is 2.23. The van der Waals surface area contributed by atoms with Gasteiger partial charge in [-0.15, -0.1) is 10.2 Å². The van der Waals surface area contributed by atoms with Crippen molar-refractivity contribution in [2.45, 2.75) is 25.7 Å². The summed E-state index contributed by atoms with van der Waals surface area (Å²) < 4.78 is 1.81. The molecule has 0 unspecified atom stereocenters. The first-order chi connectivity index (χ1) is 11.8. The van der Waals surface area contributed by atoms with E-state index in [0.717, 1.165) is 29.8 Å². The standard InChI is InChI=1S/C19H20N4O/c1-2-6-18(15-7-4-3-5-8-15)19(24)22-16-9-11-17(12-10-16)23-13-20-21-14-23/h3-5,7-14,18H,2,6H2,1H3,(H,22,24)/t18-/m0/s1. The first-order valence-electron chi connectivity index (χ1n) is 8.09. The van der Waals surface area contributed by atoms with Crippen LogP contribution in [0.5, 0.6) is 0 Å². The lowest BCUT2D eigenvalue weighted by atomic mass is 9.93. The molecule has 1 amide bonds. The smallest absolute Gasteiger partial charge is 0.231 e. The van der Waals surface area contributed by atoms with Gasteiger partial charge in [0.1, 0.15) is 12.7 Å². The third-order valence-electron chi connectivity index (χ3n) is 3.95. The number of nitrogens with zero attached hydrogens (tertiary/aromatic N) is 3. The molecular formula is C19H20N4O.